The molecule has 18 heavy (non-hydrogen) atoms. The van der Waals surface area contributed by atoms with Crippen LogP contribution in [0.5, 0.6) is 0 Å². The summed E-state index contributed by atoms with van der Waals surface area (Å²) < 4.78 is 5.23. The molecule has 1 N–H and O–H groups in total. The van der Waals surface area contributed by atoms with Crippen LogP contribution in [0.15, 0.2) is 4.52 Å². The number of hydrogen-bond donors (Lipinski definition) is 1. The van der Waals surface area contributed by atoms with E-state index in [2.05, 4.69) is 22.0 Å². The number of aryl methyl sites for hydroxylation is 1. The highest BCUT2D eigenvalue weighted by molar-refractivity contribution is 4.89. The molecule has 1 atom stereocenters. The first kappa shape index (κ1) is 13.5. The largest absolute Gasteiger partial charge is 0.395 e. The van der Waals surface area contributed by atoms with Crippen molar-refractivity contribution < 1.29 is 9.63 Å². The molecule has 1 fully saturated rings. The molecule has 1 aliphatic rings. The molecule has 5 heteroatoms. The van der Waals surface area contributed by atoms with Crippen LogP contribution in [0.3, 0.4) is 0 Å². The van der Waals surface area contributed by atoms with Gasteiger partial charge in [0.15, 0.2) is 5.82 Å². The van der Waals surface area contributed by atoms with E-state index in [1.165, 1.54) is 12.8 Å². The molecule has 0 amide bonds. The van der Waals surface area contributed by atoms with Gasteiger partial charge in [0.1, 0.15) is 0 Å². The predicted molar refractivity (Wildman–Crippen MR) is 68.0 cm³/mol. The fraction of sp³-hybridized carbons (Fsp3) is 0.846. The van der Waals surface area contributed by atoms with E-state index in [1.54, 1.807) is 0 Å². The lowest BCUT2D eigenvalue weighted by molar-refractivity contribution is 0.0812. The Morgan fingerprint density at radius 3 is 3.11 bits per heavy atom. The third-order valence-electron chi connectivity index (χ3n) is 3.56. The van der Waals surface area contributed by atoms with Gasteiger partial charge < -0.3 is 9.63 Å². The maximum absolute atomic E-state index is 9.35. The van der Waals surface area contributed by atoms with Crippen molar-refractivity contribution in [2.24, 2.45) is 0 Å². The molecular formula is C13H23N3O2. The van der Waals surface area contributed by atoms with Crippen LogP contribution in [-0.2, 0) is 13.0 Å². The van der Waals surface area contributed by atoms with Gasteiger partial charge in [-0.2, -0.15) is 4.98 Å². The number of likely N-dealkylation sites (tertiary alicyclic amines) is 1. The van der Waals surface area contributed by atoms with Crippen molar-refractivity contribution in [1.29, 1.82) is 0 Å². The first-order valence-corrected chi connectivity index (χ1v) is 7.00. The van der Waals surface area contributed by atoms with Gasteiger partial charge in [-0.05, 0) is 25.8 Å². The van der Waals surface area contributed by atoms with Gasteiger partial charge in [-0.15, -0.1) is 0 Å². The number of nitrogens with zero attached hydrogens (tertiary/aromatic N) is 3. The van der Waals surface area contributed by atoms with Crippen molar-refractivity contribution in [2.75, 3.05) is 13.2 Å². The van der Waals surface area contributed by atoms with Crippen molar-refractivity contribution in [3.63, 3.8) is 0 Å². The number of aliphatic hydroxyl groups excluding tert-OH is 1. The minimum atomic E-state index is 0.223. The first-order chi connectivity index (χ1) is 8.83. The van der Waals surface area contributed by atoms with Crippen LogP contribution in [0.4, 0.5) is 0 Å². The summed E-state index contributed by atoms with van der Waals surface area (Å²) >= 11 is 0. The van der Waals surface area contributed by atoms with E-state index in [0.717, 1.165) is 43.9 Å². The lowest BCUT2D eigenvalue weighted by Crippen LogP contribution is -2.41. The van der Waals surface area contributed by atoms with E-state index in [9.17, 15) is 5.11 Å². The molecule has 0 aliphatic carbocycles. The van der Waals surface area contributed by atoms with Crippen LogP contribution in [0, 0.1) is 0 Å². The quantitative estimate of drug-likeness (QED) is 0.837. The molecule has 0 spiro atoms. The Hall–Kier alpha value is -0.940. The summed E-state index contributed by atoms with van der Waals surface area (Å²) in [5, 5.41) is 13.4. The van der Waals surface area contributed by atoms with Crippen molar-refractivity contribution in [2.45, 2.75) is 58.0 Å². The molecule has 1 aromatic rings. The molecule has 2 heterocycles. The number of aliphatic hydroxyl groups is 1. The summed E-state index contributed by atoms with van der Waals surface area (Å²) in [7, 11) is 0. The highest BCUT2D eigenvalue weighted by Crippen LogP contribution is 2.18. The van der Waals surface area contributed by atoms with Crippen LogP contribution in [0.25, 0.3) is 0 Å². The van der Waals surface area contributed by atoms with Crippen molar-refractivity contribution in [3.8, 4) is 0 Å². The molecule has 0 radical (unpaired) electrons. The summed E-state index contributed by atoms with van der Waals surface area (Å²) in [5.41, 5.74) is 0. The third kappa shape index (κ3) is 3.53. The number of unbranched alkanes of at least 4 members (excludes halogenated alkanes) is 1. The van der Waals surface area contributed by atoms with Crippen LogP contribution in [0.1, 0.15) is 50.7 Å². The summed E-state index contributed by atoms with van der Waals surface area (Å²) in [6, 6.07) is 0.261. The lowest BCUT2D eigenvalue weighted by atomic mass is 10.0. The molecule has 0 saturated carbocycles. The maximum atomic E-state index is 9.35. The van der Waals surface area contributed by atoms with Gasteiger partial charge in [-0.25, -0.2) is 0 Å². The molecule has 1 saturated heterocycles. The molecule has 2 rings (SSSR count). The molecule has 0 aromatic carbocycles. The van der Waals surface area contributed by atoms with Gasteiger partial charge in [0.2, 0.25) is 5.89 Å². The Morgan fingerprint density at radius 2 is 2.33 bits per heavy atom. The zero-order chi connectivity index (χ0) is 12.8. The Labute approximate surface area is 108 Å². The Kier molecular flexibility index (Phi) is 5.13. The zero-order valence-electron chi connectivity index (χ0n) is 11.1. The number of piperidine rings is 1. The topological polar surface area (TPSA) is 62.4 Å². The van der Waals surface area contributed by atoms with E-state index < -0.39 is 0 Å². The van der Waals surface area contributed by atoms with Crippen LogP contribution >= 0.6 is 0 Å². The third-order valence-corrected chi connectivity index (χ3v) is 3.56. The second-order valence-electron chi connectivity index (χ2n) is 5.01. The van der Waals surface area contributed by atoms with Gasteiger partial charge in [0.25, 0.3) is 0 Å². The average Bonchev–Trinajstić information content (AvgIpc) is 2.84. The van der Waals surface area contributed by atoms with Crippen molar-refractivity contribution in [1.82, 2.24) is 15.0 Å². The molecule has 102 valence electrons. The highest BCUT2D eigenvalue weighted by Gasteiger charge is 2.23. The molecule has 5 nitrogen and oxygen atoms in total. The highest BCUT2D eigenvalue weighted by atomic mass is 16.5. The van der Waals surface area contributed by atoms with Gasteiger partial charge in [-0.3, -0.25) is 4.90 Å². The minimum absolute atomic E-state index is 0.223. The van der Waals surface area contributed by atoms with Gasteiger partial charge in [0.05, 0.1) is 13.2 Å². The average molecular weight is 253 g/mol. The maximum Gasteiger partial charge on any atom is 0.226 e. The Morgan fingerprint density at radius 1 is 1.44 bits per heavy atom. The van der Waals surface area contributed by atoms with Gasteiger partial charge in [-0.1, -0.05) is 24.9 Å². The smallest absolute Gasteiger partial charge is 0.226 e. The van der Waals surface area contributed by atoms with E-state index in [0.29, 0.717) is 6.54 Å². The summed E-state index contributed by atoms with van der Waals surface area (Å²) in [6.45, 7) is 4.09. The van der Waals surface area contributed by atoms with Crippen LogP contribution in [-0.4, -0.2) is 39.3 Å². The molecule has 1 unspecified atom stereocenters. The molecule has 1 aromatic heterocycles. The second kappa shape index (κ2) is 6.85. The molecule has 0 bridgehead atoms. The van der Waals surface area contributed by atoms with Crippen LogP contribution < -0.4 is 0 Å². The number of hydrogen-bond acceptors (Lipinski definition) is 5. The fourth-order valence-corrected chi connectivity index (χ4v) is 2.44. The Bertz CT molecular complexity index is 354. The van der Waals surface area contributed by atoms with Crippen LogP contribution in [0.2, 0.25) is 0 Å². The second-order valence-corrected chi connectivity index (χ2v) is 5.01. The van der Waals surface area contributed by atoms with Gasteiger partial charge >= 0.3 is 0 Å². The molecular weight excluding hydrogens is 230 g/mol. The normalized spacial score (nSPS) is 21.3. The number of aromatic nitrogens is 2. The first-order valence-electron chi connectivity index (χ1n) is 7.00. The standard InChI is InChI=1S/C13H23N3O2/c1-2-3-7-13-14-12(15-18-13)9-16-8-5-4-6-11(16)10-17/h11,17H,2-10H2,1H3. The Balaban J connectivity index is 1.89. The van der Waals surface area contributed by atoms with E-state index in [-0.39, 0.29) is 12.6 Å². The minimum Gasteiger partial charge on any atom is -0.395 e. The fourth-order valence-electron chi connectivity index (χ4n) is 2.44. The monoisotopic (exact) mass is 253 g/mol. The van der Waals surface area contributed by atoms with E-state index >= 15 is 0 Å². The zero-order valence-corrected chi connectivity index (χ0v) is 11.1. The molecule has 1 aliphatic heterocycles. The van der Waals surface area contributed by atoms with Crippen molar-refractivity contribution in [3.05, 3.63) is 11.7 Å². The summed E-state index contributed by atoms with van der Waals surface area (Å²) in [6.07, 6.45) is 6.55. The predicted octanol–water partition coefficient (Wildman–Crippen LogP) is 1.76. The van der Waals surface area contributed by atoms with Gasteiger partial charge in [0, 0.05) is 12.5 Å². The summed E-state index contributed by atoms with van der Waals surface area (Å²) in [4.78, 5) is 6.67. The van der Waals surface area contributed by atoms with E-state index in [4.69, 9.17) is 4.52 Å². The SMILES string of the molecule is CCCCc1nc(CN2CCCCC2CO)no1. The van der Waals surface area contributed by atoms with Crippen molar-refractivity contribution >= 4 is 0 Å². The lowest BCUT2D eigenvalue weighted by Gasteiger charge is -2.33. The number of rotatable bonds is 6. The summed E-state index contributed by atoms with van der Waals surface area (Å²) in [5.74, 6) is 1.49. The van der Waals surface area contributed by atoms with E-state index in [1.807, 2.05) is 0 Å².